The Kier molecular flexibility index (Phi) is 3.80. The first kappa shape index (κ1) is 14.5. The molecular formula is C17H22N2O. The van der Waals surface area contributed by atoms with Crippen LogP contribution in [0.2, 0.25) is 0 Å². The zero-order chi connectivity index (χ0) is 14.9. The first-order chi connectivity index (χ1) is 9.32. The van der Waals surface area contributed by atoms with Crippen LogP contribution in [0.15, 0.2) is 41.5 Å². The molecule has 1 unspecified atom stereocenters. The minimum Gasteiger partial charge on any atom is -0.273 e. The predicted octanol–water partition coefficient (Wildman–Crippen LogP) is 3.68. The van der Waals surface area contributed by atoms with E-state index in [1.165, 1.54) is 5.56 Å². The number of rotatable bonds is 3. The van der Waals surface area contributed by atoms with Crippen LogP contribution in [-0.4, -0.2) is 22.2 Å². The van der Waals surface area contributed by atoms with E-state index in [4.69, 9.17) is 0 Å². The summed E-state index contributed by atoms with van der Waals surface area (Å²) in [6.45, 7) is 11.7. The lowest BCUT2D eigenvalue weighted by Gasteiger charge is -2.32. The lowest BCUT2D eigenvalue weighted by atomic mass is 9.87. The van der Waals surface area contributed by atoms with Crippen molar-refractivity contribution in [2.45, 2.75) is 46.1 Å². The SMILES string of the molecule is C=C(C)CC1(C)CC(c2ccc(C)cc2)=NN1C(C)=O. The fourth-order valence-electron chi connectivity index (χ4n) is 2.86. The lowest BCUT2D eigenvalue weighted by Crippen LogP contribution is -2.42. The summed E-state index contributed by atoms with van der Waals surface area (Å²) in [6, 6.07) is 8.28. The van der Waals surface area contributed by atoms with Crippen LogP contribution >= 0.6 is 0 Å². The maximum Gasteiger partial charge on any atom is 0.240 e. The van der Waals surface area contributed by atoms with Gasteiger partial charge < -0.3 is 0 Å². The molecule has 1 aromatic carbocycles. The molecule has 0 saturated carbocycles. The maximum atomic E-state index is 11.9. The van der Waals surface area contributed by atoms with Crippen molar-refractivity contribution >= 4 is 11.6 Å². The second kappa shape index (κ2) is 5.23. The van der Waals surface area contributed by atoms with E-state index in [0.29, 0.717) is 0 Å². The molecule has 0 aliphatic carbocycles. The fraction of sp³-hybridized carbons (Fsp3) is 0.412. The molecule has 2 rings (SSSR count). The Hall–Kier alpha value is -1.90. The highest BCUT2D eigenvalue weighted by atomic mass is 16.2. The molecule has 0 saturated heterocycles. The third-order valence-electron chi connectivity index (χ3n) is 3.65. The molecule has 1 atom stereocenters. The van der Waals surface area contributed by atoms with Gasteiger partial charge in [0.1, 0.15) is 0 Å². The fourth-order valence-corrected chi connectivity index (χ4v) is 2.86. The van der Waals surface area contributed by atoms with Crippen molar-refractivity contribution in [2.24, 2.45) is 5.10 Å². The second-order valence-electron chi connectivity index (χ2n) is 6.05. The van der Waals surface area contributed by atoms with Crippen molar-refractivity contribution < 1.29 is 4.79 Å². The number of nitrogens with zero attached hydrogens (tertiary/aromatic N) is 2. The third kappa shape index (κ3) is 2.82. The molecule has 1 aliphatic heterocycles. The second-order valence-corrected chi connectivity index (χ2v) is 6.05. The van der Waals surface area contributed by atoms with Gasteiger partial charge in [-0.3, -0.25) is 4.79 Å². The molecular weight excluding hydrogens is 248 g/mol. The average molecular weight is 270 g/mol. The van der Waals surface area contributed by atoms with Crippen LogP contribution in [0.3, 0.4) is 0 Å². The molecule has 106 valence electrons. The van der Waals surface area contributed by atoms with Gasteiger partial charge in [-0.15, -0.1) is 6.58 Å². The summed E-state index contributed by atoms with van der Waals surface area (Å²) in [4.78, 5) is 11.9. The molecule has 3 heteroatoms. The monoisotopic (exact) mass is 270 g/mol. The van der Waals surface area contributed by atoms with Crippen molar-refractivity contribution in [2.75, 3.05) is 0 Å². The largest absolute Gasteiger partial charge is 0.273 e. The van der Waals surface area contributed by atoms with E-state index in [9.17, 15) is 4.79 Å². The van der Waals surface area contributed by atoms with Gasteiger partial charge in [0.05, 0.1) is 11.3 Å². The first-order valence-corrected chi connectivity index (χ1v) is 6.91. The molecule has 0 radical (unpaired) electrons. The zero-order valence-corrected chi connectivity index (χ0v) is 12.7. The van der Waals surface area contributed by atoms with Gasteiger partial charge in [0.2, 0.25) is 5.91 Å². The van der Waals surface area contributed by atoms with E-state index in [0.717, 1.165) is 29.7 Å². The Balaban J connectivity index is 2.33. The Morgan fingerprint density at radius 3 is 2.45 bits per heavy atom. The number of hydrazone groups is 1. The summed E-state index contributed by atoms with van der Waals surface area (Å²) in [6.07, 6.45) is 1.54. The number of carbonyl (C=O) groups is 1. The van der Waals surface area contributed by atoms with Crippen molar-refractivity contribution in [1.29, 1.82) is 0 Å². The third-order valence-corrected chi connectivity index (χ3v) is 3.65. The van der Waals surface area contributed by atoms with Gasteiger partial charge in [-0.1, -0.05) is 35.4 Å². The summed E-state index contributed by atoms with van der Waals surface area (Å²) in [7, 11) is 0. The van der Waals surface area contributed by atoms with Crippen molar-refractivity contribution in [3.63, 3.8) is 0 Å². The average Bonchev–Trinajstić information content (AvgIpc) is 2.66. The van der Waals surface area contributed by atoms with Gasteiger partial charge in [0, 0.05) is 13.3 Å². The highest BCUT2D eigenvalue weighted by Crippen LogP contribution is 2.34. The zero-order valence-electron chi connectivity index (χ0n) is 12.7. The van der Waals surface area contributed by atoms with Crippen LogP contribution in [0.4, 0.5) is 0 Å². The first-order valence-electron chi connectivity index (χ1n) is 6.91. The van der Waals surface area contributed by atoms with Crippen LogP contribution in [-0.2, 0) is 4.79 Å². The molecule has 3 nitrogen and oxygen atoms in total. The Morgan fingerprint density at radius 2 is 1.95 bits per heavy atom. The Labute approximate surface area is 121 Å². The van der Waals surface area contributed by atoms with Crippen molar-refractivity contribution in [1.82, 2.24) is 5.01 Å². The van der Waals surface area contributed by atoms with E-state index >= 15 is 0 Å². The van der Waals surface area contributed by atoms with Gasteiger partial charge >= 0.3 is 0 Å². The molecule has 0 spiro atoms. The molecule has 1 aromatic rings. The van der Waals surface area contributed by atoms with Crippen molar-refractivity contribution in [3.05, 3.63) is 47.5 Å². The number of aryl methyl sites for hydroxylation is 1. The van der Waals surface area contributed by atoms with E-state index in [1.807, 2.05) is 6.92 Å². The van der Waals surface area contributed by atoms with Crippen LogP contribution < -0.4 is 0 Å². The molecule has 0 fully saturated rings. The quantitative estimate of drug-likeness (QED) is 0.771. The number of hydrogen-bond donors (Lipinski definition) is 0. The molecule has 1 aliphatic rings. The standard InChI is InChI=1S/C17H22N2O/c1-12(2)10-17(5)11-16(18-19(17)14(4)20)15-8-6-13(3)7-9-15/h6-9H,1,10-11H2,2-5H3. The van der Waals surface area contributed by atoms with E-state index in [2.05, 4.69) is 49.8 Å². The molecule has 20 heavy (non-hydrogen) atoms. The van der Waals surface area contributed by atoms with E-state index in [1.54, 1.807) is 11.9 Å². The van der Waals surface area contributed by atoms with E-state index < -0.39 is 0 Å². The maximum absolute atomic E-state index is 11.9. The van der Waals surface area contributed by atoms with Gasteiger partial charge in [-0.05, 0) is 32.8 Å². The molecule has 0 aromatic heterocycles. The van der Waals surface area contributed by atoms with Gasteiger partial charge in [0.15, 0.2) is 0 Å². The normalized spacial score (nSPS) is 21.8. The van der Waals surface area contributed by atoms with Gasteiger partial charge in [-0.25, -0.2) is 5.01 Å². The molecule has 1 amide bonds. The Bertz CT molecular complexity index is 571. The smallest absolute Gasteiger partial charge is 0.240 e. The predicted molar refractivity (Wildman–Crippen MR) is 82.7 cm³/mol. The minimum atomic E-state index is -0.294. The van der Waals surface area contributed by atoms with Gasteiger partial charge in [0.25, 0.3) is 0 Å². The summed E-state index contributed by atoms with van der Waals surface area (Å²) < 4.78 is 0. The van der Waals surface area contributed by atoms with Gasteiger partial charge in [-0.2, -0.15) is 5.10 Å². The number of benzene rings is 1. The highest BCUT2D eigenvalue weighted by molar-refractivity contribution is 6.03. The Morgan fingerprint density at radius 1 is 1.35 bits per heavy atom. The van der Waals surface area contributed by atoms with Crippen LogP contribution in [0.25, 0.3) is 0 Å². The number of carbonyl (C=O) groups excluding carboxylic acids is 1. The summed E-state index contributed by atoms with van der Waals surface area (Å²) in [5.74, 6) is -0.0177. The highest BCUT2D eigenvalue weighted by Gasteiger charge is 2.40. The minimum absolute atomic E-state index is 0.0177. The van der Waals surface area contributed by atoms with Crippen LogP contribution in [0.1, 0.15) is 44.7 Å². The van der Waals surface area contributed by atoms with E-state index in [-0.39, 0.29) is 11.4 Å². The summed E-state index contributed by atoms with van der Waals surface area (Å²) in [5, 5.41) is 6.17. The topological polar surface area (TPSA) is 32.7 Å². The van der Waals surface area contributed by atoms with Crippen LogP contribution in [0.5, 0.6) is 0 Å². The molecule has 0 N–H and O–H groups in total. The summed E-state index contributed by atoms with van der Waals surface area (Å²) >= 11 is 0. The van der Waals surface area contributed by atoms with Crippen LogP contribution in [0, 0.1) is 6.92 Å². The molecule has 0 bridgehead atoms. The summed E-state index contributed by atoms with van der Waals surface area (Å²) in [5.41, 5.74) is 4.06. The number of amides is 1. The molecule has 1 heterocycles. The van der Waals surface area contributed by atoms with Crippen molar-refractivity contribution in [3.8, 4) is 0 Å². The number of hydrogen-bond acceptors (Lipinski definition) is 2. The lowest BCUT2D eigenvalue weighted by molar-refractivity contribution is -0.133.